The van der Waals surface area contributed by atoms with Gasteiger partial charge >= 0.3 is 0 Å². The van der Waals surface area contributed by atoms with Crippen molar-refractivity contribution in [3.63, 3.8) is 0 Å². The fourth-order valence-electron chi connectivity index (χ4n) is 7.15. The Morgan fingerprint density at radius 1 is 0.391 bits per heavy atom. The third kappa shape index (κ3) is 3.75. The zero-order chi connectivity index (χ0) is 30.2. The lowest BCUT2D eigenvalue weighted by atomic mass is 9.95. The normalized spacial score (nSPS) is 11.9. The Balaban J connectivity index is 1.08. The van der Waals surface area contributed by atoms with E-state index in [9.17, 15) is 0 Å². The first-order valence-corrected chi connectivity index (χ1v) is 15.6. The molecule has 0 aliphatic carbocycles. The molecule has 10 aromatic rings. The molecule has 0 amide bonds. The van der Waals surface area contributed by atoms with E-state index in [4.69, 9.17) is 9.40 Å². The first-order chi connectivity index (χ1) is 22.8. The van der Waals surface area contributed by atoms with E-state index >= 15 is 0 Å². The Hall–Kier alpha value is -6.19. The zero-order valence-corrected chi connectivity index (χ0v) is 24.8. The van der Waals surface area contributed by atoms with Crippen molar-refractivity contribution in [3.05, 3.63) is 158 Å². The van der Waals surface area contributed by atoms with Gasteiger partial charge in [-0.2, -0.15) is 0 Å². The Kier molecular flexibility index (Phi) is 5.28. The highest BCUT2D eigenvalue weighted by molar-refractivity contribution is 6.15. The second kappa shape index (κ2) is 9.65. The predicted octanol–water partition coefficient (Wildman–Crippen LogP) is 11.6. The van der Waals surface area contributed by atoms with Gasteiger partial charge in [-0.1, -0.05) is 109 Å². The molecule has 0 aliphatic heterocycles. The highest BCUT2D eigenvalue weighted by Gasteiger charge is 2.19. The summed E-state index contributed by atoms with van der Waals surface area (Å²) < 4.78 is 8.38. The van der Waals surface area contributed by atoms with E-state index in [0.717, 1.165) is 38.8 Å². The van der Waals surface area contributed by atoms with E-state index in [1.807, 2.05) is 12.1 Å². The summed E-state index contributed by atoms with van der Waals surface area (Å²) in [6.45, 7) is 0. The Bertz CT molecular complexity index is 2750. The lowest BCUT2D eigenvalue weighted by Gasteiger charge is -2.09. The summed E-state index contributed by atoms with van der Waals surface area (Å²) in [6.07, 6.45) is 0. The molecule has 0 atom stereocenters. The van der Waals surface area contributed by atoms with Crippen molar-refractivity contribution in [2.45, 2.75) is 0 Å². The quantitative estimate of drug-likeness (QED) is 0.205. The molecular formula is C43H26N2O. The molecule has 10 rings (SSSR count). The molecule has 4 heterocycles. The number of imidazole rings is 1. The van der Waals surface area contributed by atoms with Crippen molar-refractivity contribution in [2.24, 2.45) is 0 Å². The Morgan fingerprint density at radius 3 is 1.74 bits per heavy atom. The fourth-order valence-corrected chi connectivity index (χ4v) is 7.15. The van der Waals surface area contributed by atoms with Crippen molar-refractivity contribution in [1.82, 2.24) is 9.38 Å². The number of aromatic nitrogens is 2. The zero-order valence-electron chi connectivity index (χ0n) is 24.8. The predicted molar refractivity (Wildman–Crippen MR) is 190 cm³/mol. The Labute approximate surface area is 264 Å². The molecule has 3 heteroatoms. The third-order valence-corrected chi connectivity index (χ3v) is 9.34. The summed E-state index contributed by atoms with van der Waals surface area (Å²) in [4.78, 5) is 5.07. The van der Waals surface area contributed by atoms with E-state index in [0.29, 0.717) is 0 Å². The standard InChI is InChI=1S/C43H26N2O/c1-2-9-27(10-3-1)42-43-37-26-32(19-21-34(37)38-16-8-18-41(44-42)45(38)43)30-13-6-11-28(23-30)29-12-7-14-31(24-29)33-20-22-40-36(25-33)35-15-4-5-17-39(35)46-40/h1-26H. The van der Waals surface area contributed by atoms with Crippen molar-refractivity contribution >= 4 is 49.4 Å². The maximum absolute atomic E-state index is 6.07. The second-order valence-corrected chi connectivity index (χ2v) is 12.0. The van der Waals surface area contributed by atoms with E-state index in [-0.39, 0.29) is 0 Å². The number of hydrogen-bond acceptors (Lipinski definition) is 2. The number of fused-ring (bicyclic) bond motifs is 6. The maximum atomic E-state index is 6.07. The van der Waals surface area contributed by atoms with Gasteiger partial charge in [-0.3, -0.25) is 4.40 Å². The lowest BCUT2D eigenvalue weighted by molar-refractivity contribution is 0.669. The van der Waals surface area contributed by atoms with Gasteiger partial charge in [0.05, 0.1) is 16.7 Å². The fraction of sp³-hybridized carbons (Fsp3) is 0. The maximum Gasteiger partial charge on any atom is 0.138 e. The van der Waals surface area contributed by atoms with Crippen LogP contribution in [-0.4, -0.2) is 9.38 Å². The highest BCUT2D eigenvalue weighted by atomic mass is 16.3. The van der Waals surface area contributed by atoms with Crippen LogP contribution in [0.2, 0.25) is 0 Å². The van der Waals surface area contributed by atoms with Gasteiger partial charge in [-0.25, -0.2) is 4.98 Å². The van der Waals surface area contributed by atoms with Gasteiger partial charge in [0.1, 0.15) is 16.8 Å². The lowest BCUT2D eigenvalue weighted by Crippen LogP contribution is -1.84. The molecule has 6 aromatic carbocycles. The van der Waals surface area contributed by atoms with Gasteiger partial charge in [-0.05, 0) is 81.9 Å². The molecule has 0 saturated carbocycles. The molecule has 4 aromatic heterocycles. The molecule has 0 spiro atoms. The van der Waals surface area contributed by atoms with Gasteiger partial charge in [-0.15, -0.1) is 0 Å². The van der Waals surface area contributed by atoms with Crippen LogP contribution in [0.1, 0.15) is 0 Å². The number of benzene rings is 6. The summed E-state index contributed by atoms with van der Waals surface area (Å²) in [5, 5.41) is 4.76. The second-order valence-electron chi connectivity index (χ2n) is 12.0. The van der Waals surface area contributed by atoms with Crippen LogP contribution < -0.4 is 0 Å². The monoisotopic (exact) mass is 586 g/mol. The van der Waals surface area contributed by atoms with Crippen molar-refractivity contribution < 1.29 is 4.42 Å². The van der Waals surface area contributed by atoms with Crippen molar-refractivity contribution in [2.75, 3.05) is 0 Å². The van der Waals surface area contributed by atoms with Gasteiger partial charge in [0.2, 0.25) is 0 Å². The van der Waals surface area contributed by atoms with E-state index < -0.39 is 0 Å². The smallest absolute Gasteiger partial charge is 0.138 e. The van der Waals surface area contributed by atoms with Crippen molar-refractivity contribution in [3.8, 4) is 44.6 Å². The first kappa shape index (κ1) is 25.2. The first-order valence-electron chi connectivity index (χ1n) is 15.6. The number of para-hydroxylation sites is 1. The summed E-state index contributed by atoms with van der Waals surface area (Å²) in [5.41, 5.74) is 14.4. The number of rotatable bonds is 4. The number of nitrogens with zero attached hydrogens (tertiary/aromatic N) is 2. The highest BCUT2D eigenvalue weighted by Crippen LogP contribution is 2.40. The molecule has 0 radical (unpaired) electrons. The molecule has 0 bridgehead atoms. The van der Waals surface area contributed by atoms with E-state index in [1.54, 1.807) is 0 Å². The summed E-state index contributed by atoms with van der Waals surface area (Å²) in [5.74, 6) is 0. The summed E-state index contributed by atoms with van der Waals surface area (Å²) in [7, 11) is 0. The van der Waals surface area contributed by atoms with Crippen LogP contribution in [0.4, 0.5) is 0 Å². The summed E-state index contributed by atoms with van der Waals surface area (Å²) in [6, 6.07) is 56.2. The van der Waals surface area contributed by atoms with E-state index in [2.05, 4.69) is 150 Å². The van der Waals surface area contributed by atoms with Crippen LogP contribution in [-0.2, 0) is 0 Å². The number of hydrogen-bond donors (Lipinski definition) is 0. The van der Waals surface area contributed by atoms with Crippen LogP contribution >= 0.6 is 0 Å². The minimum absolute atomic E-state index is 0.916. The SMILES string of the molecule is c1ccc(-c2nc3cccc4c5ccc(-c6cccc(-c7cccc(-c8ccc9oc%10ccccc%10c9c8)c7)c6)cc5c2n34)cc1. The molecule has 0 aliphatic rings. The molecule has 46 heavy (non-hydrogen) atoms. The van der Waals surface area contributed by atoms with Crippen LogP contribution in [0.5, 0.6) is 0 Å². The molecule has 214 valence electrons. The molecule has 0 N–H and O–H groups in total. The minimum Gasteiger partial charge on any atom is -0.456 e. The molecule has 0 fully saturated rings. The van der Waals surface area contributed by atoms with Crippen LogP contribution in [0, 0.1) is 0 Å². The number of pyridine rings is 1. The van der Waals surface area contributed by atoms with Gasteiger partial charge < -0.3 is 4.42 Å². The van der Waals surface area contributed by atoms with Crippen LogP contribution in [0.15, 0.2) is 162 Å². The molecule has 0 saturated heterocycles. The van der Waals surface area contributed by atoms with E-state index in [1.165, 1.54) is 55.2 Å². The molecule has 3 nitrogen and oxygen atoms in total. The average Bonchev–Trinajstić information content (AvgIpc) is 3.81. The van der Waals surface area contributed by atoms with Crippen LogP contribution in [0.3, 0.4) is 0 Å². The number of furan rings is 1. The van der Waals surface area contributed by atoms with Gasteiger partial charge in [0.25, 0.3) is 0 Å². The minimum atomic E-state index is 0.916. The van der Waals surface area contributed by atoms with Gasteiger partial charge in [0.15, 0.2) is 0 Å². The summed E-state index contributed by atoms with van der Waals surface area (Å²) >= 11 is 0. The average molecular weight is 587 g/mol. The molecule has 0 unspecified atom stereocenters. The Morgan fingerprint density at radius 2 is 0.978 bits per heavy atom. The molecular weight excluding hydrogens is 560 g/mol. The topological polar surface area (TPSA) is 30.4 Å². The van der Waals surface area contributed by atoms with Crippen molar-refractivity contribution in [1.29, 1.82) is 0 Å². The largest absolute Gasteiger partial charge is 0.456 e. The van der Waals surface area contributed by atoms with Crippen LogP contribution in [0.25, 0.3) is 94.0 Å². The third-order valence-electron chi connectivity index (χ3n) is 9.34. The van der Waals surface area contributed by atoms with Gasteiger partial charge in [0, 0.05) is 27.1 Å².